The minimum atomic E-state index is -0.649. The quantitative estimate of drug-likeness (QED) is 0.817. The molecule has 1 saturated heterocycles. The van der Waals surface area contributed by atoms with Crippen molar-refractivity contribution in [2.75, 3.05) is 25.9 Å². The van der Waals surface area contributed by atoms with Gasteiger partial charge in [0.25, 0.3) is 0 Å². The number of nitrogens with two attached hydrogens (primary N) is 1. The van der Waals surface area contributed by atoms with Crippen LogP contribution in [-0.2, 0) is 4.74 Å². The molecular formula is C17H26N2O4. The second kappa shape index (κ2) is 6.66. The first-order valence-corrected chi connectivity index (χ1v) is 7.80. The predicted octanol–water partition coefficient (Wildman–Crippen LogP) is 2.36. The maximum atomic E-state index is 12.1. The first-order chi connectivity index (χ1) is 10.7. The molecule has 6 heteroatoms. The van der Waals surface area contributed by atoms with Crippen molar-refractivity contribution in [1.29, 1.82) is 0 Å². The molecular weight excluding hydrogens is 296 g/mol. The summed E-state index contributed by atoms with van der Waals surface area (Å²) in [5, 5.41) is 10.5. The molecule has 2 rings (SSSR count). The molecule has 1 heterocycles. The maximum absolute atomic E-state index is 12.1. The van der Waals surface area contributed by atoms with E-state index in [-0.39, 0.29) is 18.6 Å². The zero-order valence-corrected chi connectivity index (χ0v) is 14.2. The Hall–Kier alpha value is -1.95. The Labute approximate surface area is 137 Å². The number of methoxy groups -OCH3 is 1. The number of anilines is 1. The molecule has 0 saturated carbocycles. The van der Waals surface area contributed by atoms with Crippen LogP contribution in [0.5, 0.6) is 5.75 Å². The number of rotatable bonds is 2. The van der Waals surface area contributed by atoms with Crippen molar-refractivity contribution in [2.24, 2.45) is 0 Å². The number of carbonyl (C=O) groups excluding carboxylic acids is 1. The second-order valence-electron chi connectivity index (χ2n) is 6.89. The maximum Gasteiger partial charge on any atom is 0.410 e. The van der Waals surface area contributed by atoms with E-state index in [0.717, 1.165) is 5.56 Å². The van der Waals surface area contributed by atoms with E-state index in [2.05, 4.69) is 0 Å². The van der Waals surface area contributed by atoms with Crippen LogP contribution in [0, 0.1) is 0 Å². The summed E-state index contributed by atoms with van der Waals surface area (Å²) < 4.78 is 10.6. The fourth-order valence-corrected chi connectivity index (χ4v) is 2.77. The van der Waals surface area contributed by atoms with Gasteiger partial charge in [0.1, 0.15) is 11.4 Å². The van der Waals surface area contributed by atoms with Crippen molar-refractivity contribution < 1.29 is 19.4 Å². The standard InChI is InChI=1S/C17H26N2O4/c1-17(2,3)23-16(21)19-8-7-12(14(20)10-19)11-5-6-13(18)15(9-11)22-4/h5-6,9,12,14,20H,7-8,10,18H2,1-4H3/t12-,14+/m1/s1. The van der Waals surface area contributed by atoms with Crippen LogP contribution in [0.3, 0.4) is 0 Å². The molecule has 0 spiro atoms. The van der Waals surface area contributed by atoms with E-state index in [0.29, 0.717) is 24.4 Å². The highest BCUT2D eigenvalue weighted by molar-refractivity contribution is 5.68. The first kappa shape index (κ1) is 17.4. The Morgan fingerprint density at radius 1 is 1.39 bits per heavy atom. The van der Waals surface area contributed by atoms with Crippen LogP contribution in [0.2, 0.25) is 0 Å². The third-order valence-electron chi connectivity index (χ3n) is 3.92. The number of nitrogens with zero attached hydrogens (tertiary/aromatic N) is 1. The smallest absolute Gasteiger partial charge is 0.410 e. The molecule has 0 radical (unpaired) electrons. The predicted molar refractivity (Wildman–Crippen MR) is 88.6 cm³/mol. The number of amides is 1. The Morgan fingerprint density at radius 3 is 2.65 bits per heavy atom. The summed E-state index contributed by atoms with van der Waals surface area (Å²) in [6, 6.07) is 5.53. The number of carbonyl (C=O) groups is 1. The van der Waals surface area contributed by atoms with Crippen molar-refractivity contribution in [3.8, 4) is 5.75 Å². The van der Waals surface area contributed by atoms with Crippen LogP contribution in [0.1, 0.15) is 38.7 Å². The fourth-order valence-electron chi connectivity index (χ4n) is 2.77. The number of aliphatic hydroxyl groups excluding tert-OH is 1. The highest BCUT2D eigenvalue weighted by Gasteiger charge is 2.33. The summed E-state index contributed by atoms with van der Waals surface area (Å²) in [5.74, 6) is 0.549. The highest BCUT2D eigenvalue weighted by Crippen LogP contribution is 2.33. The third-order valence-corrected chi connectivity index (χ3v) is 3.92. The molecule has 1 aromatic rings. The summed E-state index contributed by atoms with van der Waals surface area (Å²) in [7, 11) is 1.57. The molecule has 0 unspecified atom stereocenters. The Balaban J connectivity index is 2.06. The van der Waals surface area contributed by atoms with Gasteiger partial charge in [0.15, 0.2) is 0 Å². The van der Waals surface area contributed by atoms with Crippen LogP contribution in [0.15, 0.2) is 18.2 Å². The molecule has 0 aliphatic carbocycles. The third kappa shape index (κ3) is 4.28. The fraction of sp³-hybridized carbons (Fsp3) is 0.588. The van der Waals surface area contributed by atoms with E-state index in [1.165, 1.54) is 0 Å². The van der Waals surface area contributed by atoms with Gasteiger partial charge in [-0.3, -0.25) is 0 Å². The zero-order valence-electron chi connectivity index (χ0n) is 14.2. The summed E-state index contributed by atoms with van der Waals surface area (Å²) in [6.45, 7) is 6.29. The molecule has 0 bridgehead atoms. The lowest BCUT2D eigenvalue weighted by Gasteiger charge is -2.37. The molecule has 1 aliphatic heterocycles. The Morgan fingerprint density at radius 2 is 2.09 bits per heavy atom. The van der Waals surface area contributed by atoms with Crippen molar-refractivity contribution in [2.45, 2.75) is 44.8 Å². The molecule has 1 fully saturated rings. The highest BCUT2D eigenvalue weighted by atomic mass is 16.6. The van der Waals surface area contributed by atoms with Gasteiger partial charge in [0.2, 0.25) is 0 Å². The Kier molecular flexibility index (Phi) is 5.04. The lowest BCUT2D eigenvalue weighted by molar-refractivity contribution is -0.00153. The lowest BCUT2D eigenvalue weighted by atomic mass is 9.87. The van der Waals surface area contributed by atoms with Gasteiger partial charge >= 0.3 is 6.09 Å². The van der Waals surface area contributed by atoms with Crippen molar-refractivity contribution in [3.63, 3.8) is 0 Å². The van der Waals surface area contributed by atoms with Gasteiger partial charge in [-0.15, -0.1) is 0 Å². The molecule has 6 nitrogen and oxygen atoms in total. The molecule has 0 aromatic heterocycles. The van der Waals surface area contributed by atoms with Crippen LogP contribution in [0.4, 0.5) is 10.5 Å². The second-order valence-corrected chi connectivity index (χ2v) is 6.89. The van der Waals surface area contributed by atoms with Gasteiger partial charge in [-0.1, -0.05) is 6.07 Å². The molecule has 1 amide bonds. The lowest BCUT2D eigenvalue weighted by Crippen LogP contribution is -2.47. The number of hydrogen-bond acceptors (Lipinski definition) is 5. The number of likely N-dealkylation sites (tertiary alicyclic amines) is 1. The molecule has 3 N–H and O–H groups in total. The molecule has 128 valence electrons. The van der Waals surface area contributed by atoms with E-state index in [9.17, 15) is 9.90 Å². The minimum absolute atomic E-state index is 0.0526. The first-order valence-electron chi connectivity index (χ1n) is 7.80. The summed E-state index contributed by atoms with van der Waals surface area (Å²) >= 11 is 0. The van der Waals surface area contributed by atoms with Crippen LogP contribution in [-0.4, -0.2) is 48.0 Å². The van der Waals surface area contributed by atoms with Gasteiger partial charge < -0.3 is 25.2 Å². The number of ether oxygens (including phenoxy) is 2. The number of piperidine rings is 1. The van der Waals surface area contributed by atoms with Crippen molar-refractivity contribution in [1.82, 2.24) is 4.90 Å². The number of hydrogen-bond donors (Lipinski definition) is 2. The SMILES string of the molecule is COc1cc([C@H]2CCN(C(=O)OC(C)(C)C)C[C@@H]2O)ccc1N. The van der Waals surface area contributed by atoms with Crippen LogP contribution in [0.25, 0.3) is 0 Å². The van der Waals surface area contributed by atoms with Crippen LogP contribution >= 0.6 is 0 Å². The number of benzene rings is 1. The Bertz CT molecular complexity index is 568. The van der Waals surface area contributed by atoms with E-state index < -0.39 is 11.7 Å². The largest absolute Gasteiger partial charge is 0.495 e. The molecule has 1 aromatic carbocycles. The van der Waals surface area contributed by atoms with E-state index >= 15 is 0 Å². The van der Waals surface area contributed by atoms with Crippen molar-refractivity contribution in [3.05, 3.63) is 23.8 Å². The monoisotopic (exact) mass is 322 g/mol. The zero-order chi connectivity index (χ0) is 17.2. The average Bonchev–Trinajstić information content (AvgIpc) is 2.46. The number of β-amino-alcohol motifs (C(OH)–C–C–N with tert-alkyl or cyclic N) is 1. The molecule has 23 heavy (non-hydrogen) atoms. The molecule has 1 aliphatic rings. The van der Waals surface area contributed by atoms with Crippen LogP contribution < -0.4 is 10.5 Å². The number of nitrogen functional groups attached to an aromatic ring is 1. The minimum Gasteiger partial charge on any atom is -0.495 e. The summed E-state index contributed by atoms with van der Waals surface area (Å²) in [6.07, 6.45) is -0.373. The van der Waals surface area contributed by atoms with Gasteiger partial charge in [-0.25, -0.2) is 4.79 Å². The average molecular weight is 322 g/mol. The topological polar surface area (TPSA) is 85.0 Å². The summed E-state index contributed by atoms with van der Waals surface area (Å²) in [5.41, 5.74) is 6.82. The van der Waals surface area contributed by atoms with Gasteiger partial charge in [0.05, 0.1) is 25.4 Å². The van der Waals surface area contributed by atoms with Crippen molar-refractivity contribution >= 4 is 11.8 Å². The van der Waals surface area contributed by atoms with E-state index in [4.69, 9.17) is 15.2 Å². The van der Waals surface area contributed by atoms with E-state index in [1.807, 2.05) is 32.9 Å². The van der Waals surface area contributed by atoms with Gasteiger partial charge in [-0.2, -0.15) is 0 Å². The van der Waals surface area contributed by atoms with Gasteiger partial charge in [0, 0.05) is 12.5 Å². The van der Waals surface area contributed by atoms with Gasteiger partial charge in [-0.05, 0) is 44.9 Å². The van der Waals surface area contributed by atoms with E-state index in [1.54, 1.807) is 18.1 Å². The number of aliphatic hydroxyl groups is 1. The molecule has 2 atom stereocenters. The summed E-state index contributed by atoms with van der Waals surface area (Å²) in [4.78, 5) is 13.7. The normalized spacial score (nSPS) is 21.9.